The maximum atomic E-state index is 12.6. The van der Waals surface area contributed by atoms with Gasteiger partial charge in [-0.05, 0) is 31.4 Å². The Morgan fingerprint density at radius 2 is 1.59 bits per heavy atom. The number of ether oxygens (including phenoxy) is 1. The van der Waals surface area contributed by atoms with Gasteiger partial charge in [0.15, 0.2) is 0 Å². The van der Waals surface area contributed by atoms with Gasteiger partial charge in [0.05, 0.1) is 18.9 Å². The van der Waals surface area contributed by atoms with E-state index in [1.165, 1.54) is 0 Å². The molecule has 7 heteroatoms. The summed E-state index contributed by atoms with van der Waals surface area (Å²) in [7, 11) is 0. The van der Waals surface area contributed by atoms with Crippen molar-refractivity contribution in [2.24, 2.45) is 11.8 Å². The number of nitrogens with zero attached hydrogens (tertiary/aromatic N) is 2. The molecular formula is C20H26N2O5. The molecule has 2 fully saturated rings. The standard InChI is InChI=1S/C20H26N2O5/c23-18(9-13-27-17-4-2-1-3-5-17)21-10-6-15(7-11-21)19(24)22-12-8-16(14-22)20(25)26/h1-5,15-16H,6-14H2,(H,25,26). The third kappa shape index (κ3) is 4.99. The van der Waals surface area contributed by atoms with E-state index in [-0.39, 0.29) is 17.7 Å². The lowest BCUT2D eigenvalue weighted by molar-refractivity contribution is -0.143. The number of carbonyl (C=O) groups excluding carboxylic acids is 2. The van der Waals surface area contributed by atoms with Crippen molar-refractivity contribution in [3.8, 4) is 5.75 Å². The van der Waals surface area contributed by atoms with Gasteiger partial charge in [-0.25, -0.2) is 0 Å². The summed E-state index contributed by atoms with van der Waals surface area (Å²) in [5, 5.41) is 9.07. The highest BCUT2D eigenvalue weighted by Gasteiger charge is 2.35. The molecule has 1 atom stereocenters. The van der Waals surface area contributed by atoms with Crippen LogP contribution in [0.1, 0.15) is 25.7 Å². The number of carbonyl (C=O) groups is 3. The zero-order valence-corrected chi connectivity index (χ0v) is 15.4. The van der Waals surface area contributed by atoms with Crippen molar-refractivity contribution < 1.29 is 24.2 Å². The lowest BCUT2D eigenvalue weighted by atomic mass is 9.95. The first-order chi connectivity index (χ1) is 13.0. The number of amides is 2. The summed E-state index contributed by atoms with van der Waals surface area (Å²) >= 11 is 0. The van der Waals surface area contributed by atoms with Gasteiger partial charge in [-0.1, -0.05) is 18.2 Å². The number of para-hydroxylation sites is 1. The van der Waals surface area contributed by atoms with E-state index >= 15 is 0 Å². The van der Waals surface area contributed by atoms with Crippen LogP contribution in [0.5, 0.6) is 5.75 Å². The minimum atomic E-state index is -0.830. The summed E-state index contributed by atoms with van der Waals surface area (Å²) in [5.74, 6) is -0.548. The first kappa shape index (κ1) is 19.2. The van der Waals surface area contributed by atoms with E-state index in [2.05, 4.69) is 0 Å². The number of piperidine rings is 1. The monoisotopic (exact) mass is 374 g/mol. The maximum Gasteiger partial charge on any atom is 0.308 e. The zero-order valence-electron chi connectivity index (χ0n) is 15.4. The largest absolute Gasteiger partial charge is 0.493 e. The molecule has 0 aromatic heterocycles. The Balaban J connectivity index is 1.38. The van der Waals surface area contributed by atoms with Gasteiger partial charge in [-0.3, -0.25) is 14.4 Å². The van der Waals surface area contributed by atoms with Crippen LogP contribution in [-0.2, 0) is 14.4 Å². The Hall–Kier alpha value is -2.57. The second kappa shape index (κ2) is 8.88. The fourth-order valence-corrected chi connectivity index (χ4v) is 3.73. The predicted octanol–water partition coefficient (Wildman–Crippen LogP) is 1.63. The van der Waals surface area contributed by atoms with Gasteiger partial charge in [0.2, 0.25) is 11.8 Å². The molecular weight excluding hydrogens is 348 g/mol. The van der Waals surface area contributed by atoms with Gasteiger partial charge in [-0.15, -0.1) is 0 Å². The number of rotatable bonds is 6. The summed E-state index contributed by atoms with van der Waals surface area (Å²) in [6, 6.07) is 9.40. The highest BCUT2D eigenvalue weighted by Crippen LogP contribution is 2.24. The van der Waals surface area contributed by atoms with Crippen molar-refractivity contribution in [2.45, 2.75) is 25.7 Å². The van der Waals surface area contributed by atoms with E-state index in [1.807, 2.05) is 30.3 Å². The first-order valence-corrected chi connectivity index (χ1v) is 9.52. The van der Waals surface area contributed by atoms with Crippen LogP contribution in [0.25, 0.3) is 0 Å². The van der Waals surface area contributed by atoms with Crippen LogP contribution in [-0.4, -0.2) is 65.5 Å². The summed E-state index contributed by atoms with van der Waals surface area (Å²) in [5.41, 5.74) is 0. The molecule has 1 N–H and O–H groups in total. The van der Waals surface area contributed by atoms with Crippen LogP contribution in [0.4, 0.5) is 0 Å². The first-order valence-electron chi connectivity index (χ1n) is 9.52. The normalized spacial score (nSPS) is 20.5. The molecule has 2 amide bonds. The van der Waals surface area contributed by atoms with Crippen molar-refractivity contribution in [3.05, 3.63) is 30.3 Å². The van der Waals surface area contributed by atoms with Crippen LogP contribution in [0.2, 0.25) is 0 Å². The van der Waals surface area contributed by atoms with E-state index in [1.54, 1.807) is 9.80 Å². The Morgan fingerprint density at radius 1 is 0.963 bits per heavy atom. The molecule has 7 nitrogen and oxygen atoms in total. The van der Waals surface area contributed by atoms with E-state index in [4.69, 9.17) is 9.84 Å². The van der Waals surface area contributed by atoms with Crippen LogP contribution in [0.15, 0.2) is 30.3 Å². The molecule has 1 unspecified atom stereocenters. The number of carboxylic acid groups (broad SMARTS) is 1. The molecule has 0 aliphatic carbocycles. The smallest absolute Gasteiger partial charge is 0.308 e. The molecule has 2 aliphatic heterocycles. The fraction of sp³-hybridized carbons (Fsp3) is 0.550. The number of carboxylic acids is 1. The van der Waals surface area contributed by atoms with Crippen molar-refractivity contribution >= 4 is 17.8 Å². The maximum absolute atomic E-state index is 12.6. The van der Waals surface area contributed by atoms with Crippen molar-refractivity contribution in [3.63, 3.8) is 0 Å². The van der Waals surface area contributed by atoms with Gasteiger partial charge in [0.1, 0.15) is 5.75 Å². The average Bonchev–Trinajstić information content (AvgIpc) is 3.19. The van der Waals surface area contributed by atoms with Crippen molar-refractivity contribution in [2.75, 3.05) is 32.8 Å². The van der Waals surface area contributed by atoms with Gasteiger partial charge < -0.3 is 19.6 Å². The number of hydrogen-bond donors (Lipinski definition) is 1. The summed E-state index contributed by atoms with van der Waals surface area (Å²) in [6.07, 6.45) is 2.12. The molecule has 1 aromatic rings. The topological polar surface area (TPSA) is 87.2 Å². The third-order valence-corrected chi connectivity index (χ3v) is 5.37. The Bertz CT molecular complexity index is 670. The summed E-state index contributed by atoms with van der Waals surface area (Å²) in [6.45, 7) is 2.30. The zero-order chi connectivity index (χ0) is 19.2. The number of aliphatic carboxylic acids is 1. The predicted molar refractivity (Wildman–Crippen MR) is 98.2 cm³/mol. The van der Waals surface area contributed by atoms with E-state index in [9.17, 15) is 14.4 Å². The van der Waals surface area contributed by atoms with Gasteiger partial charge in [0.25, 0.3) is 0 Å². The van der Waals surface area contributed by atoms with Gasteiger partial charge in [0, 0.05) is 32.1 Å². The Kier molecular flexibility index (Phi) is 6.32. The molecule has 1 aromatic carbocycles. The van der Waals surface area contributed by atoms with Crippen molar-refractivity contribution in [1.29, 1.82) is 0 Å². The SMILES string of the molecule is O=C(O)C1CCN(C(=O)C2CCN(C(=O)CCOc3ccccc3)CC2)C1. The highest BCUT2D eigenvalue weighted by molar-refractivity contribution is 5.81. The lowest BCUT2D eigenvalue weighted by Crippen LogP contribution is -2.44. The summed E-state index contributed by atoms with van der Waals surface area (Å²) in [4.78, 5) is 39.4. The van der Waals surface area contributed by atoms with Crippen LogP contribution in [0.3, 0.4) is 0 Å². The van der Waals surface area contributed by atoms with Crippen LogP contribution in [0, 0.1) is 11.8 Å². The molecule has 3 rings (SSSR count). The Labute approximate surface area is 158 Å². The minimum absolute atomic E-state index is 0.0401. The quantitative estimate of drug-likeness (QED) is 0.818. The molecule has 27 heavy (non-hydrogen) atoms. The number of likely N-dealkylation sites (tertiary alicyclic amines) is 2. The molecule has 0 radical (unpaired) electrons. The van der Waals surface area contributed by atoms with Crippen LogP contribution < -0.4 is 4.74 Å². The molecule has 2 heterocycles. The fourth-order valence-electron chi connectivity index (χ4n) is 3.73. The average molecular weight is 374 g/mol. The Morgan fingerprint density at radius 3 is 2.22 bits per heavy atom. The summed E-state index contributed by atoms with van der Waals surface area (Å²) < 4.78 is 5.57. The molecule has 2 saturated heterocycles. The van der Waals surface area contributed by atoms with Crippen LogP contribution >= 0.6 is 0 Å². The molecule has 0 saturated carbocycles. The number of benzene rings is 1. The lowest BCUT2D eigenvalue weighted by Gasteiger charge is -2.33. The molecule has 0 spiro atoms. The highest BCUT2D eigenvalue weighted by atomic mass is 16.5. The third-order valence-electron chi connectivity index (χ3n) is 5.37. The molecule has 2 aliphatic rings. The van der Waals surface area contributed by atoms with Gasteiger partial charge >= 0.3 is 5.97 Å². The van der Waals surface area contributed by atoms with E-state index in [0.717, 1.165) is 5.75 Å². The van der Waals surface area contributed by atoms with Gasteiger partial charge in [-0.2, -0.15) is 0 Å². The van der Waals surface area contributed by atoms with E-state index in [0.29, 0.717) is 58.5 Å². The second-order valence-corrected chi connectivity index (χ2v) is 7.17. The second-order valence-electron chi connectivity index (χ2n) is 7.17. The van der Waals surface area contributed by atoms with E-state index < -0.39 is 11.9 Å². The molecule has 146 valence electrons. The minimum Gasteiger partial charge on any atom is -0.493 e. The molecule has 0 bridgehead atoms. The van der Waals surface area contributed by atoms with Crippen molar-refractivity contribution in [1.82, 2.24) is 9.80 Å². The number of hydrogen-bond acceptors (Lipinski definition) is 4.